The molecule has 0 rings (SSSR count). The van der Waals surface area contributed by atoms with Crippen LogP contribution in [0.2, 0.25) is 0 Å². The smallest absolute Gasteiger partial charge is 0.469 e. The van der Waals surface area contributed by atoms with Crippen molar-refractivity contribution >= 4 is 12.1 Å². The number of rotatable bonds is 16. The number of alkyl carbamates (subject to hydrolysis) is 1. The van der Waals surface area contributed by atoms with E-state index in [1.54, 1.807) is 0 Å². The maximum atomic E-state index is 13.3. The van der Waals surface area contributed by atoms with Crippen molar-refractivity contribution in [1.29, 1.82) is 0 Å². The van der Waals surface area contributed by atoms with Crippen LogP contribution in [0.1, 0.15) is 38.5 Å². The highest BCUT2D eigenvalue weighted by molar-refractivity contribution is 5.69. The van der Waals surface area contributed by atoms with E-state index in [0.717, 1.165) is 0 Å². The third-order valence-corrected chi connectivity index (χ3v) is 3.53. The zero-order valence-corrected chi connectivity index (χ0v) is 17.0. The van der Waals surface area contributed by atoms with Crippen LogP contribution in [0, 0.1) is 0 Å². The molecule has 0 aliphatic carbocycles. The number of esters is 1. The van der Waals surface area contributed by atoms with Crippen molar-refractivity contribution in [3.63, 3.8) is 0 Å². The van der Waals surface area contributed by atoms with Crippen LogP contribution in [0.15, 0.2) is 0 Å². The molecule has 0 aromatic carbocycles. The van der Waals surface area contributed by atoms with Gasteiger partial charge in [0.05, 0.1) is 7.11 Å². The monoisotopic (exact) mass is 493 g/mol. The van der Waals surface area contributed by atoms with Gasteiger partial charge in [0.15, 0.2) is 6.61 Å². The van der Waals surface area contributed by atoms with Crippen molar-refractivity contribution in [2.45, 2.75) is 63.1 Å². The number of carbonyl (C=O) groups is 2. The molecule has 8 nitrogen and oxygen atoms in total. The molecule has 0 fully saturated rings. The van der Waals surface area contributed by atoms with Gasteiger partial charge >= 0.3 is 36.7 Å². The number of amides is 1. The second-order valence-corrected chi connectivity index (χ2v) is 6.14. The lowest BCUT2D eigenvalue weighted by Crippen LogP contribution is -2.53. The standard InChI is InChI=1S/C16H23F8NO7/c1-28-11(26)8-6-4-3-5-7-9-25-12(27)30-10-13(17,18)31-14(19,20)15(21,22)32-16(23,24)29-2/h3-10H2,1-2H3,(H,25,27). The Balaban J connectivity index is 4.28. The number of unbranched alkanes of at least 4 members (excludes halogenated alkanes) is 4. The first-order valence-electron chi connectivity index (χ1n) is 9.01. The van der Waals surface area contributed by atoms with Crippen LogP contribution < -0.4 is 5.32 Å². The zero-order chi connectivity index (χ0) is 25.1. The number of alkyl halides is 8. The molecule has 0 aliphatic rings. The molecule has 0 unspecified atom stereocenters. The van der Waals surface area contributed by atoms with E-state index < -0.39 is 37.3 Å². The Bertz CT molecular complexity index is 593. The van der Waals surface area contributed by atoms with Gasteiger partial charge in [-0.3, -0.25) is 9.53 Å². The summed E-state index contributed by atoms with van der Waals surface area (Å²) in [7, 11) is 1.38. The molecule has 1 N–H and O–H groups in total. The van der Waals surface area contributed by atoms with Gasteiger partial charge in [-0.15, -0.1) is 8.78 Å². The Labute approximate surface area is 177 Å². The number of carbonyl (C=O) groups excluding carboxylic acids is 2. The first-order valence-corrected chi connectivity index (χ1v) is 9.01. The summed E-state index contributed by atoms with van der Waals surface area (Å²) in [6.07, 6.45) is -21.2. The number of hydrogen-bond donors (Lipinski definition) is 1. The maximum Gasteiger partial charge on any atom is 0.490 e. The lowest BCUT2D eigenvalue weighted by molar-refractivity contribution is -0.543. The lowest BCUT2D eigenvalue weighted by Gasteiger charge is -2.30. The number of halogens is 8. The third-order valence-electron chi connectivity index (χ3n) is 3.53. The summed E-state index contributed by atoms with van der Waals surface area (Å²) in [6, 6.07) is 0. The van der Waals surface area contributed by atoms with Crippen molar-refractivity contribution < 1.29 is 68.4 Å². The molecule has 16 heteroatoms. The minimum atomic E-state index is -6.24. The highest BCUT2D eigenvalue weighted by Gasteiger charge is 2.67. The first kappa shape index (κ1) is 30.1. The fourth-order valence-electron chi connectivity index (χ4n) is 1.94. The predicted octanol–water partition coefficient (Wildman–Crippen LogP) is 4.23. The fraction of sp³-hybridized carbons (Fsp3) is 0.875. The molecule has 32 heavy (non-hydrogen) atoms. The Kier molecular flexibility index (Phi) is 12.1. The molecular formula is C16H23F8NO7. The Morgan fingerprint density at radius 2 is 1.31 bits per heavy atom. The molecule has 0 aromatic rings. The lowest BCUT2D eigenvalue weighted by atomic mass is 10.1. The van der Waals surface area contributed by atoms with Gasteiger partial charge in [0.2, 0.25) is 0 Å². The summed E-state index contributed by atoms with van der Waals surface area (Å²) in [6.45, 7) is -2.27. The van der Waals surface area contributed by atoms with Crippen LogP contribution in [0.5, 0.6) is 0 Å². The van der Waals surface area contributed by atoms with Crippen molar-refractivity contribution in [2.24, 2.45) is 0 Å². The van der Waals surface area contributed by atoms with Crippen molar-refractivity contribution in [1.82, 2.24) is 5.32 Å². The van der Waals surface area contributed by atoms with E-state index in [-0.39, 0.29) is 26.0 Å². The van der Waals surface area contributed by atoms with Gasteiger partial charge < -0.3 is 14.8 Å². The molecule has 0 spiro atoms. The predicted molar refractivity (Wildman–Crippen MR) is 88.0 cm³/mol. The fourth-order valence-corrected chi connectivity index (χ4v) is 1.94. The molecule has 0 aliphatic heterocycles. The second-order valence-electron chi connectivity index (χ2n) is 6.14. The van der Waals surface area contributed by atoms with Gasteiger partial charge in [-0.1, -0.05) is 19.3 Å². The molecule has 0 radical (unpaired) electrons. The van der Waals surface area contributed by atoms with Crippen LogP contribution in [-0.2, 0) is 28.5 Å². The second kappa shape index (κ2) is 12.9. The Morgan fingerprint density at radius 3 is 1.88 bits per heavy atom. The zero-order valence-electron chi connectivity index (χ0n) is 17.0. The van der Waals surface area contributed by atoms with E-state index in [1.165, 1.54) is 7.11 Å². The van der Waals surface area contributed by atoms with Gasteiger partial charge in [0.1, 0.15) is 0 Å². The molecule has 0 atom stereocenters. The van der Waals surface area contributed by atoms with Gasteiger partial charge in [0.25, 0.3) is 0 Å². The van der Waals surface area contributed by atoms with Gasteiger partial charge in [-0.05, 0) is 12.8 Å². The van der Waals surface area contributed by atoms with E-state index in [9.17, 15) is 44.7 Å². The number of methoxy groups -OCH3 is 2. The normalized spacial score (nSPS) is 13.1. The molecule has 0 bridgehead atoms. The van der Waals surface area contributed by atoms with Crippen molar-refractivity contribution in [3.8, 4) is 0 Å². The highest BCUT2D eigenvalue weighted by Crippen LogP contribution is 2.43. The number of ether oxygens (including phenoxy) is 5. The average Bonchev–Trinajstić information content (AvgIpc) is 2.66. The first-order chi connectivity index (χ1) is 14.6. The number of nitrogens with one attached hydrogen (secondary N) is 1. The van der Waals surface area contributed by atoms with Gasteiger partial charge in [-0.2, -0.15) is 26.3 Å². The quantitative estimate of drug-likeness (QED) is 0.149. The molecule has 0 aromatic heterocycles. The summed E-state index contributed by atoms with van der Waals surface area (Å²) < 4.78 is 121. The topological polar surface area (TPSA) is 92.3 Å². The van der Waals surface area contributed by atoms with Crippen LogP contribution in [0.25, 0.3) is 0 Å². The largest absolute Gasteiger partial charge is 0.490 e. The minimum Gasteiger partial charge on any atom is -0.469 e. The highest BCUT2D eigenvalue weighted by atomic mass is 19.3. The van der Waals surface area contributed by atoms with E-state index in [4.69, 9.17) is 0 Å². The van der Waals surface area contributed by atoms with Gasteiger partial charge in [-0.25, -0.2) is 14.3 Å². The SMILES string of the molecule is COC(=O)CCCCCCCNC(=O)OCC(F)(F)OC(F)(F)C(F)(F)OC(F)(F)OC. The molecule has 1 amide bonds. The van der Waals surface area contributed by atoms with Crippen LogP contribution in [-0.4, -0.2) is 64.1 Å². The summed E-state index contributed by atoms with van der Waals surface area (Å²) in [5.74, 6) is -0.350. The average molecular weight is 493 g/mol. The summed E-state index contributed by atoms with van der Waals surface area (Å²) in [5, 5.41) is 2.01. The van der Waals surface area contributed by atoms with Crippen LogP contribution in [0.4, 0.5) is 39.9 Å². The molecule has 0 heterocycles. The molecule has 0 saturated heterocycles. The van der Waals surface area contributed by atoms with Crippen molar-refractivity contribution in [3.05, 3.63) is 0 Å². The van der Waals surface area contributed by atoms with E-state index in [2.05, 4.69) is 23.7 Å². The summed E-state index contributed by atoms with van der Waals surface area (Å²) in [5.41, 5.74) is 0. The minimum absolute atomic E-state index is 0.0452. The summed E-state index contributed by atoms with van der Waals surface area (Å²) in [4.78, 5) is 22.2. The van der Waals surface area contributed by atoms with E-state index in [0.29, 0.717) is 32.1 Å². The van der Waals surface area contributed by atoms with Gasteiger partial charge in [0, 0.05) is 20.1 Å². The van der Waals surface area contributed by atoms with Crippen LogP contribution >= 0.6 is 0 Å². The van der Waals surface area contributed by atoms with E-state index in [1.807, 2.05) is 5.32 Å². The van der Waals surface area contributed by atoms with Crippen LogP contribution in [0.3, 0.4) is 0 Å². The Hall–Kier alpha value is -1.94. The third kappa shape index (κ3) is 12.2. The number of hydrogen-bond acceptors (Lipinski definition) is 7. The van der Waals surface area contributed by atoms with E-state index >= 15 is 0 Å². The van der Waals surface area contributed by atoms with Crippen molar-refractivity contribution in [2.75, 3.05) is 27.4 Å². The Morgan fingerprint density at radius 1 is 0.781 bits per heavy atom. The molecule has 190 valence electrons. The summed E-state index contributed by atoms with van der Waals surface area (Å²) >= 11 is 0. The molecular weight excluding hydrogens is 470 g/mol. The molecule has 0 saturated carbocycles. The maximum absolute atomic E-state index is 13.3.